The number of rotatable bonds is 7. The first-order chi connectivity index (χ1) is 13.3. The van der Waals surface area contributed by atoms with Gasteiger partial charge in [0.15, 0.2) is 6.10 Å². The van der Waals surface area contributed by atoms with Crippen LogP contribution < -0.4 is 10.6 Å². The molecule has 2 amide bonds. The molecule has 0 heterocycles. The monoisotopic (exact) mass is 386 g/mol. The quantitative estimate of drug-likeness (QED) is 0.717. The number of amides is 2. The molecule has 148 valence electrons. The van der Waals surface area contributed by atoms with Crippen molar-refractivity contribution in [3.63, 3.8) is 0 Å². The number of hydrogen-bond acceptors (Lipinski definition) is 4. The average Bonchev–Trinajstić information content (AvgIpc) is 2.67. The van der Waals surface area contributed by atoms with E-state index in [4.69, 9.17) is 4.74 Å². The Balaban J connectivity index is 1.89. The number of carbonyl (C=O) groups is 3. The zero-order valence-corrected chi connectivity index (χ0v) is 16.0. The first-order valence-electron chi connectivity index (χ1n) is 8.86. The Labute approximate surface area is 163 Å². The van der Waals surface area contributed by atoms with Crippen LogP contribution in [0.1, 0.15) is 48.3 Å². The lowest BCUT2D eigenvalue weighted by molar-refractivity contribution is -0.129. The molecule has 7 heteroatoms. The number of esters is 1. The maximum atomic E-state index is 13.0. The van der Waals surface area contributed by atoms with Gasteiger partial charge in [-0.05, 0) is 49.2 Å². The minimum atomic E-state index is -0.991. The summed E-state index contributed by atoms with van der Waals surface area (Å²) in [5.74, 6) is -1.57. The molecule has 0 saturated carbocycles. The highest BCUT2D eigenvalue weighted by Gasteiger charge is 2.21. The minimum absolute atomic E-state index is 0.141. The summed E-state index contributed by atoms with van der Waals surface area (Å²) in [5, 5.41) is 5.39. The van der Waals surface area contributed by atoms with Crippen LogP contribution in [0.4, 0.5) is 4.39 Å². The zero-order valence-electron chi connectivity index (χ0n) is 16.0. The molecule has 2 aromatic carbocycles. The third kappa shape index (κ3) is 6.19. The largest absolute Gasteiger partial charge is 0.449 e. The van der Waals surface area contributed by atoms with Crippen molar-refractivity contribution in [2.24, 2.45) is 0 Å². The molecule has 0 aromatic heterocycles. The summed E-state index contributed by atoms with van der Waals surface area (Å²) in [6, 6.07) is 12.0. The number of ether oxygens (including phenoxy) is 1. The van der Waals surface area contributed by atoms with E-state index in [-0.39, 0.29) is 17.8 Å². The van der Waals surface area contributed by atoms with Gasteiger partial charge in [0.2, 0.25) is 5.91 Å². The Morgan fingerprint density at radius 1 is 1.00 bits per heavy atom. The first-order valence-corrected chi connectivity index (χ1v) is 8.86. The standard InChI is InChI=1S/C21H23FN2O4/c1-13(17-8-10-19(22)11-9-17)24-20(26)14(2)28-21(27)18-6-4-16(5-7-18)12-23-15(3)25/h4-11,13-14H,12H2,1-3H3,(H,23,25)(H,24,26)/t13-,14+/m0/s1. The van der Waals surface area contributed by atoms with Gasteiger partial charge >= 0.3 is 5.97 Å². The topological polar surface area (TPSA) is 84.5 Å². The summed E-state index contributed by atoms with van der Waals surface area (Å²) in [7, 11) is 0. The number of nitrogens with one attached hydrogen (secondary N) is 2. The second kappa shape index (κ2) is 9.64. The maximum absolute atomic E-state index is 13.0. The van der Waals surface area contributed by atoms with Crippen molar-refractivity contribution in [3.05, 3.63) is 71.0 Å². The second-order valence-electron chi connectivity index (χ2n) is 6.44. The lowest BCUT2D eigenvalue weighted by Gasteiger charge is -2.18. The van der Waals surface area contributed by atoms with Crippen LogP contribution in [-0.2, 0) is 20.9 Å². The van der Waals surface area contributed by atoms with Crippen LogP contribution in [0.15, 0.2) is 48.5 Å². The average molecular weight is 386 g/mol. The molecule has 2 rings (SSSR count). The molecule has 0 radical (unpaired) electrons. The van der Waals surface area contributed by atoms with Gasteiger partial charge in [-0.25, -0.2) is 9.18 Å². The fourth-order valence-electron chi connectivity index (χ4n) is 2.43. The van der Waals surface area contributed by atoms with Gasteiger partial charge in [-0.1, -0.05) is 24.3 Å². The van der Waals surface area contributed by atoms with Crippen molar-refractivity contribution in [1.29, 1.82) is 0 Å². The van der Waals surface area contributed by atoms with Gasteiger partial charge in [0.05, 0.1) is 11.6 Å². The van der Waals surface area contributed by atoms with E-state index in [9.17, 15) is 18.8 Å². The Hall–Kier alpha value is -3.22. The van der Waals surface area contributed by atoms with E-state index in [0.717, 1.165) is 11.1 Å². The molecule has 0 saturated heterocycles. The van der Waals surface area contributed by atoms with Crippen LogP contribution >= 0.6 is 0 Å². The number of hydrogen-bond donors (Lipinski definition) is 2. The molecule has 2 atom stereocenters. The molecular weight excluding hydrogens is 363 g/mol. The molecule has 6 nitrogen and oxygen atoms in total. The summed E-state index contributed by atoms with van der Waals surface area (Å²) in [6.07, 6.45) is -0.991. The molecule has 0 fully saturated rings. The van der Waals surface area contributed by atoms with Gasteiger partial charge in [-0.2, -0.15) is 0 Å². The third-order valence-corrected chi connectivity index (χ3v) is 4.11. The predicted octanol–water partition coefficient (Wildman–Crippen LogP) is 2.88. The lowest BCUT2D eigenvalue weighted by Crippen LogP contribution is -2.37. The van der Waals surface area contributed by atoms with Crippen LogP contribution in [0.25, 0.3) is 0 Å². The molecule has 0 bridgehead atoms. The number of benzene rings is 2. The maximum Gasteiger partial charge on any atom is 0.338 e. The molecule has 2 N–H and O–H groups in total. The van der Waals surface area contributed by atoms with E-state index in [1.54, 1.807) is 43.3 Å². The normalized spacial score (nSPS) is 12.6. The fraction of sp³-hybridized carbons (Fsp3) is 0.286. The van der Waals surface area contributed by atoms with Crippen LogP contribution in [0.2, 0.25) is 0 Å². The third-order valence-electron chi connectivity index (χ3n) is 4.11. The van der Waals surface area contributed by atoms with E-state index < -0.39 is 18.0 Å². The fourth-order valence-corrected chi connectivity index (χ4v) is 2.43. The van der Waals surface area contributed by atoms with Gasteiger partial charge in [-0.3, -0.25) is 9.59 Å². The van der Waals surface area contributed by atoms with E-state index in [2.05, 4.69) is 10.6 Å². The minimum Gasteiger partial charge on any atom is -0.449 e. The SMILES string of the molecule is CC(=O)NCc1ccc(C(=O)O[C@H](C)C(=O)N[C@@H](C)c2ccc(F)cc2)cc1. The van der Waals surface area contributed by atoms with Crippen LogP contribution in [-0.4, -0.2) is 23.9 Å². The Morgan fingerprint density at radius 3 is 2.18 bits per heavy atom. The first kappa shape index (κ1) is 21.1. The molecule has 0 unspecified atom stereocenters. The summed E-state index contributed by atoms with van der Waals surface area (Å²) >= 11 is 0. The lowest BCUT2D eigenvalue weighted by atomic mass is 10.1. The highest BCUT2D eigenvalue weighted by atomic mass is 19.1. The van der Waals surface area contributed by atoms with Crippen molar-refractivity contribution in [1.82, 2.24) is 10.6 Å². The van der Waals surface area contributed by atoms with E-state index in [0.29, 0.717) is 12.1 Å². The molecule has 0 aliphatic carbocycles. The van der Waals surface area contributed by atoms with Gasteiger partial charge in [-0.15, -0.1) is 0 Å². The highest BCUT2D eigenvalue weighted by molar-refractivity contribution is 5.92. The molecule has 0 spiro atoms. The molecule has 0 aliphatic heterocycles. The van der Waals surface area contributed by atoms with Gasteiger partial charge in [0.25, 0.3) is 5.91 Å². The van der Waals surface area contributed by atoms with Crippen LogP contribution in [0, 0.1) is 5.82 Å². The summed E-state index contributed by atoms with van der Waals surface area (Å²) in [6.45, 7) is 5.03. The van der Waals surface area contributed by atoms with Gasteiger partial charge in [0, 0.05) is 13.5 Å². The Morgan fingerprint density at radius 2 is 1.61 bits per heavy atom. The van der Waals surface area contributed by atoms with Crippen LogP contribution in [0.5, 0.6) is 0 Å². The summed E-state index contributed by atoms with van der Waals surface area (Å²) in [5.41, 5.74) is 1.88. The Bertz CT molecular complexity index is 834. The molecule has 0 aliphatic rings. The summed E-state index contributed by atoms with van der Waals surface area (Å²) in [4.78, 5) is 35.4. The smallest absolute Gasteiger partial charge is 0.338 e. The van der Waals surface area contributed by atoms with Gasteiger partial charge < -0.3 is 15.4 Å². The van der Waals surface area contributed by atoms with Crippen molar-refractivity contribution in [2.75, 3.05) is 0 Å². The van der Waals surface area contributed by atoms with E-state index >= 15 is 0 Å². The molecular formula is C21H23FN2O4. The van der Waals surface area contributed by atoms with Crippen molar-refractivity contribution < 1.29 is 23.5 Å². The molecule has 28 heavy (non-hydrogen) atoms. The molecule has 2 aromatic rings. The van der Waals surface area contributed by atoms with Crippen molar-refractivity contribution in [2.45, 2.75) is 39.5 Å². The van der Waals surface area contributed by atoms with Crippen molar-refractivity contribution >= 4 is 17.8 Å². The second-order valence-corrected chi connectivity index (χ2v) is 6.44. The highest BCUT2D eigenvalue weighted by Crippen LogP contribution is 2.14. The Kier molecular flexibility index (Phi) is 7.26. The predicted molar refractivity (Wildman–Crippen MR) is 102 cm³/mol. The van der Waals surface area contributed by atoms with Crippen LogP contribution in [0.3, 0.4) is 0 Å². The van der Waals surface area contributed by atoms with Crippen molar-refractivity contribution in [3.8, 4) is 0 Å². The van der Waals surface area contributed by atoms with E-state index in [1.807, 2.05) is 0 Å². The number of halogens is 1. The summed E-state index contributed by atoms with van der Waals surface area (Å²) < 4.78 is 18.2. The number of carbonyl (C=O) groups excluding carboxylic acids is 3. The zero-order chi connectivity index (χ0) is 20.7. The van der Waals surface area contributed by atoms with Gasteiger partial charge in [0.1, 0.15) is 5.82 Å². The van der Waals surface area contributed by atoms with E-state index in [1.165, 1.54) is 26.0 Å².